The molecule has 1 fully saturated rings. The van der Waals surface area contributed by atoms with Gasteiger partial charge in [0, 0.05) is 25.2 Å². The van der Waals surface area contributed by atoms with Gasteiger partial charge in [-0.3, -0.25) is 4.79 Å². The Morgan fingerprint density at radius 1 is 1.35 bits per heavy atom. The number of carbonyl (C=O) groups excluding carboxylic acids is 1. The van der Waals surface area contributed by atoms with Crippen LogP contribution >= 0.6 is 0 Å². The van der Waals surface area contributed by atoms with Gasteiger partial charge in [-0.15, -0.1) is 0 Å². The topological polar surface area (TPSA) is 32.3 Å². The number of hydrogen-bond donors (Lipinski definition) is 1. The number of likely N-dealkylation sites (tertiary alicyclic amines) is 1. The standard InChI is InChI=1S/C16H23FN2O/c1-11(2)19-9-7-13(8-10-19)18-16(20)14-6-4-5-12(3)15(14)17/h4-6,11,13H,7-10H2,1-3H3,(H,18,20). The highest BCUT2D eigenvalue weighted by atomic mass is 19.1. The second-order valence-corrected chi connectivity index (χ2v) is 5.81. The molecule has 1 N–H and O–H groups in total. The molecule has 1 aliphatic rings. The summed E-state index contributed by atoms with van der Waals surface area (Å²) >= 11 is 0. The van der Waals surface area contributed by atoms with Crippen LogP contribution in [0.2, 0.25) is 0 Å². The zero-order valence-corrected chi connectivity index (χ0v) is 12.4. The third-order valence-electron chi connectivity index (χ3n) is 4.03. The number of carbonyl (C=O) groups is 1. The Balaban J connectivity index is 1.94. The number of benzene rings is 1. The van der Waals surface area contributed by atoms with Gasteiger partial charge in [-0.25, -0.2) is 4.39 Å². The molecule has 0 unspecified atom stereocenters. The first-order valence-corrected chi connectivity index (χ1v) is 7.29. The highest BCUT2D eigenvalue weighted by molar-refractivity contribution is 5.94. The van der Waals surface area contributed by atoms with Crippen molar-refractivity contribution in [3.05, 3.63) is 35.1 Å². The molecule has 0 saturated carbocycles. The molecule has 0 aromatic heterocycles. The Bertz CT molecular complexity index is 479. The molecule has 0 radical (unpaired) electrons. The number of hydrogen-bond acceptors (Lipinski definition) is 2. The van der Waals surface area contributed by atoms with Gasteiger partial charge in [-0.05, 0) is 45.2 Å². The van der Waals surface area contributed by atoms with Gasteiger partial charge in [0.25, 0.3) is 5.91 Å². The maximum absolute atomic E-state index is 13.9. The second-order valence-electron chi connectivity index (χ2n) is 5.81. The molecule has 3 nitrogen and oxygen atoms in total. The van der Waals surface area contributed by atoms with E-state index < -0.39 is 5.82 Å². The van der Waals surface area contributed by atoms with Gasteiger partial charge in [-0.1, -0.05) is 12.1 Å². The van der Waals surface area contributed by atoms with E-state index in [0.29, 0.717) is 11.6 Å². The van der Waals surface area contributed by atoms with Gasteiger partial charge in [0.1, 0.15) is 5.82 Å². The number of aryl methyl sites for hydroxylation is 1. The lowest BCUT2D eigenvalue weighted by Gasteiger charge is -2.34. The van der Waals surface area contributed by atoms with Crippen molar-refractivity contribution in [2.24, 2.45) is 0 Å². The van der Waals surface area contributed by atoms with Gasteiger partial charge in [0.15, 0.2) is 0 Å². The minimum Gasteiger partial charge on any atom is -0.349 e. The van der Waals surface area contributed by atoms with Crippen molar-refractivity contribution in [1.29, 1.82) is 0 Å². The van der Waals surface area contributed by atoms with Gasteiger partial charge in [0.05, 0.1) is 5.56 Å². The summed E-state index contributed by atoms with van der Waals surface area (Å²) < 4.78 is 13.9. The summed E-state index contributed by atoms with van der Waals surface area (Å²) in [5, 5.41) is 2.96. The predicted octanol–water partition coefficient (Wildman–Crippen LogP) is 2.74. The minimum absolute atomic E-state index is 0.149. The molecule has 0 spiro atoms. The Hall–Kier alpha value is -1.42. The third-order valence-corrected chi connectivity index (χ3v) is 4.03. The molecule has 1 amide bonds. The maximum atomic E-state index is 13.9. The smallest absolute Gasteiger partial charge is 0.254 e. The molecule has 0 bridgehead atoms. The van der Waals surface area contributed by atoms with E-state index >= 15 is 0 Å². The molecule has 1 aliphatic heterocycles. The van der Waals surface area contributed by atoms with E-state index in [1.165, 1.54) is 0 Å². The Labute approximate surface area is 120 Å². The maximum Gasteiger partial charge on any atom is 0.254 e. The SMILES string of the molecule is Cc1cccc(C(=O)NC2CCN(C(C)C)CC2)c1F. The average molecular weight is 278 g/mol. The van der Waals surface area contributed by atoms with E-state index in [1.807, 2.05) is 0 Å². The van der Waals surface area contributed by atoms with Crippen LogP contribution in [0.25, 0.3) is 0 Å². The largest absolute Gasteiger partial charge is 0.349 e. The van der Waals surface area contributed by atoms with Crippen LogP contribution in [0.5, 0.6) is 0 Å². The molecule has 0 atom stereocenters. The number of nitrogens with zero attached hydrogens (tertiary/aromatic N) is 1. The zero-order valence-electron chi connectivity index (χ0n) is 12.4. The van der Waals surface area contributed by atoms with Gasteiger partial charge in [0.2, 0.25) is 0 Å². The molecule has 20 heavy (non-hydrogen) atoms. The third kappa shape index (κ3) is 3.37. The molecule has 1 aromatic rings. The lowest BCUT2D eigenvalue weighted by atomic mass is 10.0. The Morgan fingerprint density at radius 3 is 2.60 bits per heavy atom. The van der Waals surface area contributed by atoms with Crippen molar-refractivity contribution >= 4 is 5.91 Å². The minimum atomic E-state index is -0.412. The van der Waals surface area contributed by atoms with E-state index in [1.54, 1.807) is 25.1 Å². The summed E-state index contributed by atoms with van der Waals surface area (Å²) in [6, 6.07) is 5.63. The zero-order chi connectivity index (χ0) is 14.7. The number of piperidine rings is 1. The summed E-state index contributed by atoms with van der Waals surface area (Å²) in [5.41, 5.74) is 0.656. The van der Waals surface area contributed by atoms with Crippen LogP contribution in [0.15, 0.2) is 18.2 Å². The van der Waals surface area contributed by atoms with Crippen molar-refractivity contribution < 1.29 is 9.18 Å². The van der Waals surface area contributed by atoms with Crippen LogP contribution in [-0.4, -0.2) is 36.0 Å². The van der Waals surface area contributed by atoms with Crippen molar-refractivity contribution in [2.45, 2.75) is 45.7 Å². The van der Waals surface area contributed by atoms with E-state index in [2.05, 4.69) is 24.1 Å². The average Bonchev–Trinajstić information content (AvgIpc) is 2.42. The number of nitrogens with one attached hydrogen (secondary N) is 1. The normalized spacial score (nSPS) is 17.4. The molecular weight excluding hydrogens is 255 g/mol. The second kappa shape index (κ2) is 6.35. The Kier molecular flexibility index (Phi) is 4.76. The molecule has 2 rings (SSSR count). The number of amides is 1. The first-order valence-electron chi connectivity index (χ1n) is 7.29. The fourth-order valence-corrected chi connectivity index (χ4v) is 2.65. The molecule has 1 aromatic carbocycles. The van der Waals surface area contributed by atoms with Crippen LogP contribution in [0, 0.1) is 12.7 Å². The molecule has 0 aliphatic carbocycles. The summed E-state index contributed by atoms with van der Waals surface area (Å²) in [6.45, 7) is 8.01. The number of rotatable bonds is 3. The molecule has 110 valence electrons. The fraction of sp³-hybridized carbons (Fsp3) is 0.562. The first kappa shape index (κ1) is 15.0. The fourth-order valence-electron chi connectivity index (χ4n) is 2.65. The van der Waals surface area contributed by atoms with E-state index in [0.717, 1.165) is 25.9 Å². The molecule has 4 heteroatoms. The van der Waals surface area contributed by atoms with Crippen LogP contribution in [0.3, 0.4) is 0 Å². The number of halogens is 1. The summed E-state index contributed by atoms with van der Waals surface area (Å²) in [6.07, 6.45) is 1.86. The van der Waals surface area contributed by atoms with Crippen LogP contribution in [0.1, 0.15) is 42.6 Å². The monoisotopic (exact) mass is 278 g/mol. The Morgan fingerprint density at radius 2 is 2.00 bits per heavy atom. The summed E-state index contributed by atoms with van der Waals surface area (Å²) in [7, 11) is 0. The van der Waals surface area contributed by atoms with Crippen molar-refractivity contribution in [2.75, 3.05) is 13.1 Å². The van der Waals surface area contributed by atoms with Gasteiger partial charge >= 0.3 is 0 Å². The summed E-state index contributed by atoms with van der Waals surface area (Å²) in [4.78, 5) is 14.5. The van der Waals surface area contributed by atoms with E-state index in [-0.39, 0.29) is 17.5 Å². The van der Waals surface area contributed by atoms with Crippen molar-refractivity contribution in [3.8, 4) is 0 Å². The first-order chi connectivity index (χ1) is 9.49. The van der Waals surface area contributed by atoms with Crippen molar-refractivity contribution in [3.63, 3.8) is 0 Å². The lowest BCUT2D eigenvalue weighted by molar-refractivity contribution is 0.0896. The highest BCUT2D eigenvalue weighted by Crippen LogP contribution is 2.15. The lowest BCUT2D eigenvalue weighted by Crippen LogP contribution is -2.46. The molecule has 1 heterocycles. The van der Waals surface area contributed by atoms with Gasteiger partial charge < -0.3 is 10.2 Å². The predicted molar refractivity (Wildman–Crippen MR) is 78.3 cm³/mol. The summed E-state index contributed by atoms with van der Waals surface area (Å²) in [5.74, 6) is -0.709. The van der Waals surface area contributed by atoms with E-state index in [9.17, 15) is 9.18 Å². The highest BCUT2D eigenvalue weighted by Gasteiger charge is 2.23. The van der Waals surface area contributed by atoms with Crippen molar-refractivity contribution in [1.82, 2.24) is 10.2 Å². The van der Waals surface area contributed by atoms with E-state index in [4.69, 9.17) is 0 Å². The van der Waals surface area contributed by atoms with Gasteiger partial charge in [-0.2, -0.15) is 0 Å². The van der Waals surface area contributed by atoms with Crippen LogP contribution < -0.4 is 5.32 Å². The molecular formula is C16H23FN2O. The quantitative estimate of drug-likeness (QED) is 0.922. The van der Waals surface area contributed by atoms with Crippen LogP contribution in [-0.2, 0) is 0 Å². The molecule has 1 saturated heterocycles. The van der Waals surface area contributed by atoms with Crippen LogP contribution in [0.4, 0.5) is 4.39 Å².